The van der Waals surface area contributed by atoms with Gasteiger partial charge in [-0.15, -0.1) is 0 Å². The molecule has 2 aliphatic rings. The molecule has 0 saturated heterocycles. The summed E-state index contributed by atoms with van der Waals surface area (Å²) in [5, 5.41) is 6.92. The van der Waals surface area contributed by atoms with Crippen molar-refractivity contribution in [2.45, 2.75) is 130 Å². The van der Waals surface area contributed by atoms with Gasteiger partial charge in [0, 0.05) is 45.1 Å². The molecule has 0 spiro atoms. The van der Waals surface area contributed by atoms with E-state index in [9.17, 15) is 19.2 Å². The summed E-state index contributed by atoms with van der Waals surface area (Å²) in [6.45, 7) is 8.45. The molecule has 2 heterocycles. The standard InChI is InChI=1S/C44H50N2O4/c1-5-9-11-13-15-17-28(18-16-14-12-10-6-2)46-43(49)35-25-21-31-29-19-23-33-39-34(42(48)45(41(33)47)27(7-3)8-4)24-20-30(37(29)39)32-22-26-36(44(46)50)40(35)38(31)32/h19-28H,5-18H2,1-4H3. The fourth-order valence-corrected chi connectivity index (χ4v) is 8.99. The average Bonchev–Trinajstić information content (AvgIpc) is 3.13. The van der Waals surface area contributed by atoms with Gasteiger partial charge in [0.15, 0.2) is 0 Å². The molecule has 5 aromatic carbocycles. The van der Waals surface area contributed by atoms with E-state index >= 15 is 0 Å². The third-order valence-electron chi connectivity index (χ3n) is 11.7. The molecule has 2 aliphatic heterocycles. The normalized spacial score (nSPS) is 14.8. The number of carbonyl (C=O) groups is 4. The van der Waals surface area contributed by atoms with Crippen LogP contribution in [0.5, 0.6) is 0 Å². The molecule has 6 heteroatoms. The Morgan fingerprint density at radius 1 is 0.400 bits per heavy atom. The van der Waals surface area contributed by atoms with Crippen molar-refractivity contribution in [1.82, 2.24) is 9.80 Å². The lowest BCUT2D eigenvalue weighted by atomic mass is 9.81. The monoisotopic (exact) mass is 670 g/mol. The first-order valence-corrected chi connectivity index (χ1v) is 19.3. The molecule has 5 aromatic rings. The van der Waals surface area contributed by atoms with Gasteiger partial charge in [0.2, 0.25) is 0 Å². The van der Waals surface area contributed by atoms with E-state index < -0.39 is 0 Å². The zero-order valence-corrected chi connectivity index (χ0v) is 30.2. The van der Waals surface area contributed by atoms with E-state index in [1.165, 1.54) is 43.4 Å². The molecule has 50 heavy (non-hydrogen) atoms. The first-order valence-electron chi connectivity index (χ1n) is 19.3. The molecule has 0 aromatic heterocycles. The molecule has 0 N–H and O–H groups in total. The number of benzene rings is 5. The highest BCUT2D eigenvalue weighted by atomic mass is 16.2. The zero-order chi connectivity index (χ0) is 35.1. The third-order valence-corrected chi connectivity index (χ3v) is 11.7. The molecule has 260 valence electrons. The SMILES string of the molecule is CCCCCCCC(CCCCCCC)N1C(=O)c2ccc3c4ccc5c6c(ccc(c7ccc(c2c37)C1=O)c64)C(=O)N(C(CC)CC)C5=O. The number of hydrogen-bond donors (Lipinski definition) is 0. The van der Waals surface area contributed by atoms with Crippen LogP contribution in [0.15, 0.2) is 48.5 Å². The molecule has 0 fully saturated rings. The van der Waals surface area contributed by atoms with Gasteiger partial charge in [0.05, 0.1) is 0 Å². The van der Waals surface area contributed by atoms with Crippen LogP contribution in [-0.4, -0.2) is 45.5 Å². The molecular formula is C44H50N2O4. The minimum absolute atomic E-state index is 0.111. The smallest absolute Gasteiger partial charge is 0.261 e. The zero-order valence-electron chi connectivity index (χ0n) is 30.2. The Hall–Kier alpha value is -4.32. The summed E-state index contributed by atoms with van der Waals surface area (Å²) in [5.74, 6) is -0.853. The number of carbonyl (C=O) groups excluding carboxylic acids is 4. The summed E-state index contributed by atoms with van der Waals surface area (Å²) in [6, 6.07) is 15.3. The number of imide groups is 2. The van der Waals surface area contributed by atoms with Crippen LogP contribution in [0.2, 0.25) is 0 Å². The van der Waals surface area contributed by atoms with Crippen LogP contribution in [0.3, 0.4) is 0 Å². The van der Waals surface area contributed by atoms with Crippen molar-refractivity contribution in [2.75, 3.05) is 0 Å². The Morgan fingerprint density at radius 3 is 1.04 bits per heavy atom. The number of amides is 4. The topological polar surface area (TPSA) is 74.8 Å². The molecule has 4 amide bonds. The first kappa shape index (κ1) is 34.1. The van der Waals surface area contributed by atoms with Gasteiger partial charge in [-0.05, 0) is 82.3 Å². The predicted molar refractivity (Wildman–Crippen MR) is 204 cm³/mol. The van der Waals surface area contributed by atoms with Gasteiger partial charge < -0.3 is 0 Å². The van der Waals surface area contributed by atoms with Crippen molar-refractivity contribution in [3.63, 3.8) is 0 Å². The largest absolute Gasteiger partial charge is 0.271 e. The molecule has 0 atom stereocenters. The van der Waals surface area contributed by atoms with Crippen molar-refractivity contribution >= 4 is 66.7 Å². The van der Waals surface area contributed by atoms with E-state index in [1.54, 1.807) is 4.90 Å². The van der Waals surface area contributed by atoms with Gasteiger partial charge in [-0.25, -0.2) is 0 Å². The van der Waals surface area contributed by atoms with Gasteiger partial charge in [0.25, 0.3) is 23.6 Å². The Kier molecular flexibility index (Phi) is 9.65. The van der Waals surface area contributed by atoms with Gasteiger partial charge >= 0.3 is 0 Å². The van der Waals surface area contributed by atoms with Crippen LogP contribution in [0.25, 0.3) is 43.1 Å². The van der Waals surface area contributed by atoms with E-state index in [2.05, 4.69) is 13.8 Å². The molecule has 0 saturated carbocycles. The second kappa shape index (κ2) is 14.1. The fraction of sp³-hybridized carbons (Fsp3) is 0.455. The van der Waals surface area contributed by atoms with E-state index in [4.69, 9.17) is 0 Å². The minimum atomic E-state index is -0.238. The Balaban J connectivity index is 1.33. The van der Waals surface area contributed by atoms with E-state index in [-0.39, 0.29) is 35.7 Å². The number of fused-ring (bicyclic) bond motifs is 2. The van der Waals surface area contributed by atoms with Gasteiger partial charge in [0.1, 0.15) is 0 Å². The highest BCUT2D eigenvalue weighted by Gasteiger charge is 2.40. The van der Waals surface area contributed by atoms with E-state index in [0.717, 1.165) is 76.2 Å². The van der Waals surface area contributed by atoms with Crippen molar-refractivity contribution in [2.24, 2.45) is 0 Å². The Morgan fingerprint density at radius 2 is 0.720 bits per heavy atom. The van der Waals surface area contributed by atoms with Crippen LogP contribution >= 0.6 is 0 Å². The maximum Gasteiger partial charge on any atom is 0.261 e. The number of nitrogens with zero attached hydrogens (tertiary/aromatic N) is 2. The lowest BCUT2D eigenvalue weighted by Crippen LogP contribution is -2.47. The summed E-state index contributed by atoms with van der Waals surface area (Å²) >= 11 is 0. The van der Waals surface area contributed by atoms with Gasteiger partial charge in [-0.3, -0.25) is 29.0 Å². The second-order valence-corrected chi connectivity index (χ2v) is 14.6. The lowest BCUT2D eigenvalue weighted by Gasteiger charge is -2.35. The third kappa shape index (κ3) is 5.37. The van der Waals surface area contributed by atoms with Gasteiger partial charge in [-0.2, -0.15) is 0 Å². The van der Waals surface area contributed by atoms with Crippen LogP contribution in [-0.2, 0) is 0 Å². The van der Waals surface area contributed by atoms with Crippen molar-refractivity contribution in [3.8, 4) is 0 Å². The molecule has 0 aliphatic carbocycles. The number of hydrogen-bond acceptors (Lipinski definition) is 4. The summed E-state index contributed by atoms with van der Waals surface area (Å²) in [5.41, 5.74) is 2.28. The maximum absolute atomic E-state index is 14.5. The number of rotatable bonds is 16. The lowest BCUT2D eigenvalue weighted by molar-refractivity contribution is 0.0506. The Bertz CT molecular complexity index is 1990. The minimum Gasteiger partial charge on any atom is -0.271 e. The molecule has 0 unspecified atom stereocenters. The van der Waals surface area contributed by atoms with Crippen LogP contribution in [0, 0.1) is 0 Å². The highest BCUT2D eigenvalue weighted by molar-refractivity contribution is 6.41. The maximum atomic E-state index is 14.5. The molecular weight excluding hydrogens is 620 g/mol. The summed E-state index contributed by atoms with van der Waals surface area (Å²) in [6.07, 6.45) is 14.5. The van der Waals surface area contributed by atoms with Crippen molar-refractivity contribution < 1.29 is 19.2 Å². The van der Waals surface area contributed by atoms with Crippen LogP contribution in [0.4, 0.5) is 0 Å². The van der Waals surface area contributed by atoms with Crippen molar-refractivity contribution in [3.05, 3.63) is 70.8 Å². The van der Waals surface area contributed by atoms with Gasteiger partial charge in [-0.1, -0.05) is 116 Å². The Labute approximate surface area is 295 Å². The molecule has 6 nitrogen and oxygen atoms in total. The molecule has 0 radical (unpaired) electrons. The highest BCUT2D eigenvalue weighted by Crippen LogP contribution is 2.47. The molecule has 0 bridgehead atoms. The van der Waals surface area contributed by atoms with Crippen LogP contribution < -0.4 is 0 Å². The second-order valence-electron chi connectivity index (χ2n) is 14.6. The van der Waals surface area contributed by atoms with Crippen LogP contribution in [0.1, 0.15) is 159 Å². The van der Waals surface area contributed by atoms with E-state index in [1.807, 2.05) is 62.4 Å². The fourth-order valence-electron chi connectivity index (χ4n) is 8.99. The number of unbranched alkanes of at least 4 members (excludes halogenated alkanes) is 8. The predicted octanol–water partition coefficient (Wildman–Crippen LogP) is 11.2. The van der Waals surface area contributed by atoms with E-state index in [0.29, 0.717) is 40.5 Å². The van der Waals surface area contributed by atoms with Crippen molar-refractivity contribution in [1.29, 1.82) is 0 Å². The summed E-state index contributed by atoms with van der Waals surface area (Å²) < 4.78 is 0. The quantitative estimate of drug-likeness (QED) is 0.0453. The average molecular weight is 671 g/mol. The molecule has 7 rings (SSSR count). The summed E-state index contributed by atoms with van der Waals surface area (Å²) in [4.78, 5) is 59.7. The first-order chi connectivity index (χ1) is 24.4. The summed E-state index contributed by atoms with van der Waals surface area (Å²) in [7, 11) is 0.